The van der Waals surface area contributed by atoms with Crippen LogP contribution in [0.2, 0.25) is 5.02 Å². The minimum absolute atomic E-state index is 0.0831. The van der Waals surface area contributed by atoms with Crippen LogP contribution in [0.3, 0.4) is 0 Å². The van der Waals surface area contributed by atoms with Crippen LogP contribution in [-0.2, 0) is 18.3 Å². The van der Waals surface area contributed by atoms with Crippen molar-refractivity contribution in [3.8, 4) is 22.5 Å². The van der Waals surface area contributed by atoms with Crippen LogP contribution in [0.25, 0.3) is 22.5 Å². The largest absolute Gasteiger partial charge is 0.319 e. The maximum Gasteiger partial charge on any atom is 0.208 e. The van der Waals surface area contributed by atoms with Crippen molar-refractivity contribution in [1.29, 1.82) is 0 Å². The molecule has 2 N–H and O–H groups in total. The maximum atomic E-state index is 14.8. The molecule has 154 valence electrons. The van der Waals surface area contributed by atoms with Crippen molar-refractivity contribution in [2.24, 2.45) is 12.8 Å². The molecule has 1 unspecified atom stereocenters. The SMILES string of the molecule is Cn1nnc(-c2c(F)cc(Cl)cc2-c2cnc3c(c2)CCC3CC(=O)C2(N)CC2)n1. The van der Waals surface area contributed by atoms with Gasteiger partial charge in [0.2, 0.25) is 5.82 Å². The molecular formula is C21H20ClFN6O. The number of pyridine rings is 1. The number of aromatic nitrogens is 5. The third-order valence-electron chi connectivity index (χ3n) is 6.02. The van der Waals surface area contributed by atoms with Crippen molar-refractivity contribution in [3.63, 3.8) is 0 Å². The van der Waals surface area contributed by atoms with Crippen molar-refractivity contribution in [2.75, 3.05) is 0 Å². The van der Waals surface area contributed by atoms with E-state index in [4.69, 9.17) is 17.3 Å². The number of nitrogens with two attached hydrogens (primary N) is 1. The van der Waals surface area contributed by atoms with Gasteiger partial charge in [-0.3, -0.25) is 9.78 Å². The van der Waals surface area contributed by atoms with Crippen molar-refractivity contribution in [1.82, 2.24) is 25.2 Å². The van der Waals surface area contributed by atoms with Gasteiger partial charge in [-0.2, -0.15) is 4.80 Å². The van der Waals surface area contributed by atoms with E-state index in [1.165, 1.54) is 10.9 Å². The Kier molecular flexibility index (Phi) is 4.44. The van der Waals surface area contributed by atoms with Gasteiger partial charge in [0.15, 0.2) is 5.78 Å². The van der Waals surface area contributed by atoms with E-state index >= 15 is 0 Å². The quantitative estimate of drug-likeness (QED) is 0.672. The summed E-state index contributed by atoms with van der Waals surface area (Å²) in [5.74, 6) is -0.130. The van der Waals surface area contributed by atoms with Gasteiger partial charge in [-0.15, -0.1) is 10.2 Å². The first-order chi connectivity index (χ1) is 14.3. The fraction of sp³-hybridized carbons (Fsp3) is 0.381. The van der Waals surface area contributed by atoms with Gasteiger partial charge in [-0.25, -0.2) is 4.39 Å². The monoisotopic (exact) mass is 426 g/mol. The number of tetrazole rings is 1. The first-order valence-corrected chi connectivity index (χ1v) is 10.3. The zero-order valence-corrected chi connectivity index (χ0v) is 17.2. The van der Waals surface area contributed by atoms with Crippen molar-refractivity contribution in [2.45, 2.75) is 43.6 Å². The Bertz CT molecular complexity index is 1170. The lowest BCUT2D eigenvalue weighted by atomic mass is 9.94. The van der Waals surface area contributed by atoms with E-state index in [1.807, 2.05) is 6.07 Å². The van der Waals surface area contributed by atoms with Crippen molar-refractivity contribution < 1.29 is 9.18 Å². The number of rotatable bonds is 5. The Morgan fingerprint density at radius 1 is 1.37 bits per heavy atom. The van der Waals surface area contributed by atoms with Gasteiger partial charge in [0.05, 0.1) is 18.2 Å². The molecule has 9 heteroatoms. The van der Waals surface area contributed by atoms with Crippen molar-refractivity contribution >= 4 is 17.4 Å². The van der Waals surface area contributed by atoms with Crippen LogP contribution in [-0.4, -0.2) is 36.5 Å². The first-order valence-electron chi connectivity index (χ1n) is 9.89. The van der Waals surface area contributed by atoms with E-state index < -0.39 is 11.4 Å². The number of halogens is 2. The van der Waals surface area contributed by atoms with Gasteiger partial charge in [0.25, 0.3) is 0 Å². The summed E-state index contributed by atoms with van der Waals surface area (Å²) in [6.07, 6.45) is 5.34. The third-order valence-corrected chi connectivity index (χ3v) is 6.24. The molecule has 2 aliphatic rings. The lowest BCUT2D eigenvalue weighted by molar-refractivity contribution is -0.121. The van der Waals surface area contributed by atoms with E-state index in [1.54, 1.807) is 19.3 Å². The zero-order chi connectivity index (χ0) is 21.0. The number of nitrogens with zero attached hydrogens (tertiary/aromatic N) is 5. The lowest BCUT2D eigenvalue weighted by Crippen LogP contribution is -2.33. The van der Waals surface area contributed by atoms with E-state index in [-0.39, 0.29) is 28.1 Å². The Balaban J connectivity index is 1.52. The predicted molar refractivity (Wildman–Crippen MR) is 109 cm³/mol. The number of carbonyl (C=O) groups excluding carboxylic acids is 1. The summed E-state index contributed by atoms with van der Waals surface area (Å²) in [5.41, 5.74) is 8.95. The molecule has 0 spiro atoms. The number of hydrogen-bond acceptors (Lipinski definition) is 6. The second-order valence-electron chi connectivity index (χ2n) is 8.20. The molecule has 1 atom stereocenters. The summed E-state index contributed by atoms with van der Waals surface area (Å²) in [7, 11) is 1.62. The molecule has 1 fully saturated rings. The molecule has 1 aromatic carbocycles. The maximum absolute atomic E-state index is 14.8. The molecule has 0 aliphatic heterocycles. The summed E-state index contributed by atoms with van der Waals surface area (Å²) in [4.78, 5) is 18.4. The molecule has 2 aromatic heterocycles. The van der Waals surface area contributed by atoms with E-state index in [2.05, 4.69) is 20.4 Å². The molecule has 3 aromatic rings. The predicted octanol–water partition coefficient (Wildman–Crippen LogP) is 3.21. The molecule has 7 nitrogen and oxygen atoms in total. The van der Waals surface area contributed by atoms with Crippen molar-refractivity contribution in [3.05, 3.63) is 46.5 Å². The average Bonchev–Trinajstić information content (AvgIpc) is 3.13. The molecule has 2 aliphatic carbocycles. The summed E-state index contributed by atoms with van der Waals surface area (Å²) in [6, 6.07) is 4.91. The van der Waals surface area contributed by atoms with Gasteiger partial charge in [-0.1, -0.05) is 11.6 Å². The summed E-state index contributed by atoms with van der Waals surface area (Å²) >= 11 is 6.14. The molecule has 0 bridgehead atoms. The number of hydrogen-bond donors (Lipinski definition) is 1. The Hall–Kier alpha value is -2.71. The number of Topliss-reactive ketones (excluding diaryl/α,β-unsaturated/α-hetero) is 1. The number of carbonyl (C=O) groups is 1. The first kappa shape index (κ1) is 19.3. The number of aryl methyl sites for hydroxylation is 2. The third kappa shape index (κ3) is 3.30. The molecule has 0 radical (unpaired) electrons. The van der Waals surface area contributed by atoms with Gasteiger partial charge < -0.3 is 5.73 Å². The molecular weight excluding hydrogens is 407 g/mol. The Labute approximate surface area is 177 Å². The van der Waals surface area contributed by atoms with E-state index in [9.17, 15) is 9.18 Å². The topological polar surface area (TPSA) is 99.6 Å². The van der Waals surface area contributed by atoms with Crippen LogP contribution in [0, 0.1) is 5.82 Å². The van der Waals surface area contributed by atoms with E-state index in [0.29, 0.717) is 12.0 Å². The Morgan fingerprint density at radius 3 is 2.87 bits per heavy atom. The average molecular weight is 427 g/mol. The molecule has 2 heterocycles. The smallest absolute Gasteiger partial charge is 0.208 e. The van der Waals surface area contributed by atoms with Gasteiger partial charge in [-0.05, 0) is 60.2 Å². The standard InChI is InChI=1S/C21H20ClFN6O/c1-29-27-20(26-28-29)18-15(8-14(22)9-16(18)23)13-6-11-2-3-12(19(11)25-10-13)7-17(30)21(24)4-5-21/h6,8-10,12H,2-5,7,24H2,1H3. The molecule has 30 heavy (non-hydrogen) atoms. The van der Waals surface area contributed by atoms with Crippen LogP contribution in [0.5, 0.6) is 0 Å². The second-order valence-corrected chi connectivity index (χ2v) is 8.64. The zero-order valence-electron chi connectivity index (χ0n) is 16.4. The van der Waals surface area contributed by atoms with Gasteiger partial charge >= 0.3 is 0 Å². The highest BCUT2D eigenvalue weighted by Crippen LogP contribution is 2.42. The Morgan fingerprint density at radius 2 is 2.17 bits per heavy atom. The summed E-state index contributed by atoms with van der Waals surface area (Å²) in [5, 5.41) is 12.2. The fourth-order valence-electron chi connectivity index (χ4n) is 4.15. The van der Waals surface area contributed by atoms with Crippen LogP contribution >= 0.6 is 11.6 Å². The molecule has 1 saturated carbocycles. The van der Waals surface area contributed by atoms with E-state index in [0.717, 1.165) is 42.5 Å². The number of fused-ring (bicyclic) bond motifs is 1. The van der Waals surface area contributed by atoms with Crippen LogP contribution < -0.4 is 5.73 Å². The molecule has 0 saturated heterocycles. The minimum atomic E-state index is -0.611. The highest BCUT2D eigenvalue weighted by atomic mass is 35.5. The van der Waals surface area contributed by atoms with Crippen LogP contribution in [0.4, 0.5) is 4.39 Å². The second kappa shape index (κ2) is 6.92. The van der Waals surface area contributed by atoms with Crippen LogP contribution in [0.1, 0.15) is 42.9 Å². The van der Waals surface area contributed by atoms with Gasteiger partial charge in [0, 0.05) is 34.8 Å². The highest BCUT2D eigenvalue weighted by Gasteiger charge is 2.46. The number of ketones is 1. The summed E-state index contributed by atoms with van der Waals surface area (Å²) < 4.78 is 14.8. The minimum Gasteiger partial charge on any atom is -0.319 e. The number of benzene rings is 1. The highest BCUT2D eigenvalue weighted by molar-refractivity contribution is 6.31. The fourth-order valence-corrected chi connectivity index (χ4v) is 4.36. The molecule has 0 amide bonds. The van der Waals surface area contributed by atoms with Crippen LogP contribution in [0.15, 0.2) is 24.4 Å². The lowest BCUT2D eigenvalue weighted by Gasteiger charge is -2.14. The normalized spacial score (nSPS) is 19.0. The molecule has 5 rings (SSSR count). The summed E-state index contributed by atoms with van der Waals surface area (Å²) in [6.45, 7) is 0. The van der Waals surface area contributed by atoms with Gasteiger partial charge in [0.1, 0.15) is 5.82 Å².